The van der Waals surface area contributed by atoms with Crippen LogP contribution in [0.15, 0.2) is 29.3 Å². The summed E-state index contributed by atoms with van der Waals surface area (Å²) in [6, 6.07) is 8.58. The summed E-state index contributed by atoms with van der Waals surface area (Å²) in [7, 11) is 1.84. The lowest BCUT2D eigenvalue weighted by Gasteiger charge is -2.30. The van der Waals surface area contributed by atoms with Crippen molar-refractivity contribution in [1.29, 1.82) is 0 Å². The summed E-state index contributed by atoms with van der Waals surface area (Å²) in [5.41, 5.74) is 2.94. The van der Waals surface area contributed by atoms with Gasteiger partial charge < -0.3 is 15.4 Å². The lowest BCUT2D eigenvalue weighted by Crippen LogP contribution is -2.43. The highest BCUT2D eigenvalue weighted by Crippen LogP contribution is 2.40. The number of hydrogen-bond donors (Lipinski definition) is 2. The first-order valence-corrected chi connectivity index (χ1v) is 9.25. The zero-order valence-electron chi connectivity index (χ0n) is 15.5. The second-order valence-corrected chi connectivity index (χ2v) is 6.92. The van der Waals surface area contributed by atoms with Crippen LogP contribution in [-0.2, 0) is 11.3 Å². The summed E-state index contributed by atoms with van der Waals surface area (Å²) < 4.78 is 5.60. The van der Waals surface area contributed by atoms with E-state index in [0.717, 1.165) is 38.7 Å². The Morgan fingerprint density at radius 3 is 2.71 bits per heavy atom. The largest absolute Gasteiger partial charge is 0.382 e. The lowest BCUT2D eigenvalue weighted by atomic mass is 9.83. The van der Waals surface area contributed by atoms with E-state index in [9.17, 15) is 0 Å². The van der Waals surface area contributed by atoms with Crippen LogP contribution in [0.5, 0.6) is 0 Å². The van der Waals surface area contributed by atoms with E-state index in [0.29, 0.717) is 5.41 Å². The first kappa shape index (κ1) is 18.8. The predicted octanol–water partition coefficient (Wildman–Crippen LogP) is 3.65. The third kappa shape index (κ3) is 5.82. The van der Waals surface area contributed by atoms with Gasteiger partial charge >= 0.3 is 0 Å². The van der Waals surface area contributed by atoms with Gasteiger partial charge in [-0.15, -0.1) is 0 Å². The SMILES string of the molecule is CCOCCC1(CNC(=NC)NCc2cccc(C)c2)CCCC1. The Bertz CT molecular complexity index is 521. The molecule has 0 spiro atoms. The van der Waals surface area contributed by atoms with Gasteiger partial charge in [0.1, 0.15) is 0 Å². The summed E-state index contributed by atoms with van der Waals surface area (Å²) in [5.74, 6) is 0.888. The molecule has 1 aromatic carbocycles. The van der Waals surface area contributed by atoms with Crippen LogP contribution >= 0.6 is 0 Å². The number of ether oxygens (including phenoxy) is 1. The molecular weight excluding hydrogens is 298 g/mol. The van der Waals surface area contributed by atoms with Crippen molar-refractivity contribution in [2.24, 2.45) is 10.4 Å². The van der Waals surface area contributed by atoms with Gasteiger partial charge in [0, 0.05) is 33.4 Å². The molecule has 1 saturated carbocycles. The molecule has 2 rings (SSSR count). The Morgan fingerprint density at radius 1 is 1.25 bits per heavy atom. The third-order valence-corrected chi connectivity index (χ3v) is 5.04. The third-order valence-electron chi connectivity index (χ3n) is 5.04. The van der Waals surface area contributed by atoms with Crippen LogP contribution < -0.4 is 10.6 Å². The van der Waals surface area contributed by atoms with Crippen molar-refractivity contribution in [3.05, 3.63) is 35.4 Å². The molecule has 24 heavy (non-hydrogen) atoms. The number of aliphatic imine (C=N–C) groups is 1. The normalized spacial score (nSPS) is 17.0. The minimum absolute atomic E-state index is 0.371. The molecule has 0 aromatic heterocycles. The monoisotopic (exact) mass is 331 g/mol. The first-order chi connectivity index (χ1) is 11.7. The number of benzene rings is 1. The van der Waals surface area contributed by atoms with Crippen molar-refractivity contribution in [3.8, 4) is 0 Å². The van der Waals surface area contributed by atoms with E-state index >= 15 is 0 Å². The Kier molecular flexibility index (Phi) is 7.57. The van der Waals surface area contributed by atoms with E-state index in [1.165, 1.54) is 36.8 Å². The van der Waals surface area contributed by atoms with E-state index in [-0.39, 0.29) is 0 Å². The molecule has 0 bridgehead atoms. The minimum atomic E-state index is 0.371. The first-order valence-electron chi connectivity index (χ1n) is 9.25. The van der Waals surface area contributed by atoms with Gasteiger partial charge in [-0.25, -0.2) is 0 Å². The average Bonchev–Trinajstić information content (AvgIpc) is 3.04. The zero-order chi connectivity index (χ0) is 17.3. The van der Waals surface area contributed by atoms with Crippen molar-refractivity contribution in [2.75, 3.05) is 26.8 Å². The second kappa shape index (κ2) is 9.67. The summed E-state index contributed by atoms with van der Waals surface area (Å²) in [4.78, 5) is 4.38. The molecule has 1 fully saturated rings. The molecule has 1 aliphatic carbocycles. The van der Waals surface area contributed by atoms with Crippen LogP contribution in [-0.4, -0.2) is 32.8 Å². The van der Waals surface area contributed by atoms with Crippen molar-refractivity contribution >= 4 is 5.96 Å². The lowest BCUT2D eigenvalue weighted by molar-refractivity contribution is 0.105. The van der Waals surface area contributed by atoms with Crippen LogP contribution in [0.4, 0.5) is 0 Å². The molecule has 0 unspecified atom stereocenters. The van der Waals surface area contributed by atoms with E-state index in [2.05, 4.69) is 53.7 Å². The number of rotatable bonds is 8. The molecule has 4 heteroatoms. The van der Waals surface area contributed by atoms with Crippen LogP contribution in [0.25, 0.3) is 0 Å². The molecule has 4 nitrogen and oxygen atoms in total. The Balaban J connectivity index is 1.83. The number of nitrogens with one attached hydrogen (secondary N) is 2. The highest BCUT2D eigenvalue weighted by atomic mass is 16.5. The molecule has 134 valence electrons. The van der Waals surface area contributed by atoms with E-state index in [1.807, 2.05) is 7.05 Å². The fourth-order valence-corrected chi connectivity index (χ4v) is 3.57. The molecule has 0 saturated heterocycles. The van der Waals surface area contributed by atoms with Crippen LogP contribution in [0.2, 0.25) is 0 Å². The van der Waals surface area contributed by atoms with Gasteiger partial charge in [-0.1, -0.05) is 42.7 Å². The minimum Gasteiger partial charge on any atom is -0.382 e. The number of guanidine groups is 1. The van der Waals surface area contributed by atoms with Gasteiger partial charge in [0.05, 0.1) is 0 Å². The summed E-state index contributed by atoms with van der Waals surface area (Å²) in [5, 5.41) is 6.98. The van der Waals surface area contributed by atoms with Gasteiger partial charge in [0.15, 0.2) is 5.96 Å². The molecule has 0 aliphatic heterocycles. The molecule has 0 amide bonds. The van der Waals surface area contributed by atoms with Crippen molar-refractivity contribution in [2.45, 2.75) is 52.5 Å². The fraction of sp³-hybridized carbons (Fsp3) is 0.650. The summed E-state index contributed by atoms with van der Waals surface area (Å²) in [6.07, 6.45) is 6.40. The average molecular weight is 332 g/mol. The molecular formula is C20H33N3O. The van der Waals surface area contributed by atoms with E-state index in [1.54, 1.807) is 0 Å². The maximum absolute atomic E-state index is 5.60. The van der Waals surface area contributed by atoms with Crippen molar-refractivity contribution in [3.63, 3.8) is 0 Å². The second-order valence-electron chi connectivity index (χ2n) is 6.92. The van der Waals surface area contributed by atoms with Gasteiger partial charge in [0.25, 0.3) is 0 Å². The van der Waals surface area contributed by atoms with Crippen LogP contribution in [0, 0.1) is 12.3 Å². The van der Waals surface area contributed by atoms with E-state index in [4.69, 9.17) is 4.74 Å². The number of hydrogen-bond acceptors (Lipinski definition) is 2. The van der Waals surface area contributed by atoms with Gasteiger partial charge in [-0.05, 0) is 44.1 Å². The number of nitrogens with zero attached hydrogens (tertiary/aromatic N) is 1. The predicted molar refractivity (Wildman–Crippen MR) is 101 cm³/mol. The Labute approximate surface area is 147 Å². The van der Waals surface area contributed by atoms with E-state index < -0.39 is 0 Å². The standard InChI is InChI=1S/C20H33N3O/c1-4-24-13-12-20(10-5-6-11-20)16-23-19(21-3)22-15-18-9-7-8-17(2)14-18/h7-9,14H,4-6,10-13,15-16H2,1-3H3,(H2,21,22,23). The van der Waals surface area contributed by atoms with Crippen LogP contribution in [0.1, 0.15) is 50.2 Å². The highest BCUT2D eigenvalue weighted by Gasteiger charge is 2.33. The molecule has 1 aliphatic rings. The molecule has 0 radical (unpaired) electrons. The summed E-state index contributed by atoms with van der Waals surface area (Å²) >= 11 is 0. The topological polar surface area (TPSA) is 45.6 Å². The summed E-state index contributed by atoms with van der Waals surface area (Å²) in [6.45, 7) is 7.65. The maximum atomic E-state index is 5.60. The highest BCUT2D eigenvalue weighted by molar-refractivity contribution is 5.79. The quantitative estimate of drug-likeness (QED) is 0.434. The molecule has 2 N–H and O–H groups in total. The van der Waals surface area contributed by atoms with Crippen molar-refractivity contribution < 1.29 is 4.74 Å². The van der Waals surface area contributed by atoms with Gasteiger partial charge in [-0.3, -0.25) is 4.99 Å². The number of aryl methyl sites for hydroxylation is 1. The van der Waals surface area contributed by atoms with Gasteiger partial charge in [0.2, 0.25) is 0 Å². The zero-order valence-corrected chi connectivity index (χ0v) is 15.5. The van der Waals surface area contributed by atoms with Crippen LogP contribution in [0.3, 0.4) is 0 Å². The van der Waals surface area contributed by atoms with Gasteiger partial charge in [-0.2, -0.15) is 0 Å². The smallest absolute Gasteiger partial charge is 0.191 e. The maximum Gasteiger partial charge on any atom is 0.191 e. The Hall–Kier alpha value is -1.55. The molecule has 0 atom stereocenters. The molecule has 1 aromatic rings. The molecule has 0 heterocycles. The van der Waals surface area contributed by atoms with Crippen molar-refractivity contribution in [1.82, 2.24) is 10.6 Å². The fourth-order valence-electron chi connectivity index (χ4n) is 3.57. The Morgan fingerprint density at radius 2 is 2.04 bits per heavy atom.